The van der Waals surface area contributed by atoms with Crippen molar-refractivity contribution in [2.75, 3.05) is 0 Å². The lowest BCUT2D eigenvalue weighted by molar-refractivity contribution is -0.187. The van der Waals surface area contributed by atoms with Crippen LogP contribution in [0, 0.1) is 22.7 Å². The molecule has 0 aromatic heterocycles. The molecule has 0 saturated heterocycles. The third kappa shape index (κ3) is 5.09. The van der Waals surface area contributed by atoms with Crippen LogP contribution in [-0.4, -0.2) is 48.3 Å². The van der Waals surface area contributed by atoms with Gasteiger partial charge in [0.25, 0.3) is 0 Å². The molecule has 0 spiro atoms. The minimum Gasteiger partial charge on any atom is -0.458 e. The van der Waals surface area contributed by atoms with E-state index in [0.29, 0.717) is 25.7 Å². The maximum absolute atomic E-state index is 12.4. The van der Waals surface area contributed by atoms with Gasteiger partial charge in [0, 0.05) is 33.1 Å². The van der Waals surface area contributed by atoms with Crippen LogP contribution < -0.4 is 0 Å². The van der Waals surface area contributed by atoms with Gasteiger partial charge >= 0.3 is 23.9 Å². The summed E-state index contributed by atoms with van der Waals surface area (Å²) in [4.78, 5) is 48.7. The zero-order valence-electron chi connectivity index (χ0n) is 22.8. The molecule has 8 nitrogen and oxygen atoms in total. The minimum absolute atomic E-state index is 0.0361. The number of hydrogen-bond donors (Lipinski definition) is 0. The lowest BCUT2D eigenvalue weighted by atomic mass is 9.50. The summed E-state index contributed by atoms with van der Waals surface area (Å²) in [6.07, 6.45) is -0.234. The zero-order valence-corrected chi connectivity index (χ0v) is 22.8. The first-order valence-corrected chi connectivity index (χ1v) is 12.7. The molecule has 0 aromatic rings. The average Bonchev–Trinajstić information content (AvgIpc) is 2.72. The molecule has 2 saturated carbocycles. The molecule has 0 heterocycles. The molecule has 0 amide bonds. The van der Waals surface area contributed by atoms with Crippen LogP contribution in [0.3, 0.4) is 0 Å². The summed E-state index contributed by atoms with van der Waals surface area (Å²) in [6.45, 7) is 17.9. The molecule has 3 aliphatic carbocycles. The number of hydrogen-bond acceptors (Lipinski definition) is 8. The third-order valence-corrected chi connectivity index (χ3v) is 8.66. The van der Waals surface area contributed by atoms with Crippen molar-refractivity contribution in [2.45, 2.75) is 105 Å². The van der Waals surface area contributed by atoms with Crippen molar-refractivity contribution < 1.29 is 38.1 Å². The molecule has 2 bridgehead atoms. The Morgan fingerprint density at radius 3 is 1.86 bits per heavy atom. The maximum atomic E-state index is 12.4. The monoisotopic (exact) mass is 504 g/mol. The van der Waals surface area contributed by atoms with Gasteiger partial charge in [0.05, 0.1) is 0 Å². The summed E-state index contributed by atoms with van der Waals surface area (Å²) in [5.41, 5.74) is 1.33. The second-order valence-electron chi connectivity index (χ2n) is 11.4. The fourth-order valence-electron chi connectivity index (χ4n) is 6.95. The van der Waals surface area contributed by atoms with E-state index in [-0.39, 0.29) is 17.8 Å². The number of carbonyl (C=O) groups is 4. The summed E-state index contributed by atoms with van der Waals surface area (Å²) in [5, 5.41) is 0. The Morgan fingerprint density at radius 1 is 0.806 bits per heavy atom. The molecular weight excluding hydrogens is 464 g/mol. The Balaban J connectivity index is 2.27. The minimum atomic E-state index is -0.867. The smallest absolute Gasteiger partial charge is 0.303 e. The molecule has 0 aromatic carbocycles. The van der Waals surface area contributed by atoms with E-state index >= 15 is 0 Å². The topological polar surface area (TPSA) is 105 Å². The predicted molar refractivity (Wildman–Crippen MR) is 131 cm³/mol. The highest BCUT2D eigenvalue weighted by atomic mass is 16.6. The molecule has 3 aliphatic rings. The zero-order chi connectivity index (χ0) is 27.2. The molecule has 0 radical (unpaired) electrons. The highest BCUT2D eigenvalue weighted by Gasteiger charge is 2.60. The molecule has 0 aliphatic heterocycles. The Labute approximate surface area is 213 Å². The van der Waals surface area contributed by atoms with Crippen LogP contribution in [-0.2, 0) is 38.1 Å². The van der Waals surface area contributed by atoms with E-state index in [1.165, 1.54) is 27.7 Å². The van der Waals surface area contributed by atoms with Gasteiger partial charge in [0.15, 0.2) is 6.10 Å². The maximum Gasteiger partial charge on any atom is 0.303 e. The summed E-state index contributed by atoms with van der Waals surface area (Å²) in [6, 6.07) is 0. The molecule has 7 atom stereocenters. The van der Waals surface area contributed by atoms with Gasteiger partial charge in [-0.05, 0) is 66.6 Å². The summed E-state index contributed by atoms with van der Waals surface area (Å²) >= 11 is 0. The van der Waals surface area contributed by atoms with E-state index in [4.69, 9.17) is 18.9 Å². The fourth-order valence-corrected chi connectivity index (χ4v) is 6.95. The Kier molecular flexibility index (Phi) is 7.78. The second-order valence-corrected chi connectivity index (χ2v) is 11.4. The number of fused-ring (bicyclic) bond motifs is 3. The number of carbonyl (C=O) groups excluding carboxylic acids is 4. The van der Waals surface area contributed by atoms with E-state index in [1.807, 2.05) is 13.8 Å². The predicted octanol–water partition coefficient (Wildman–Crippen LogP) is 4.45. The van der Waals surface area contributed by atoms with Gasteiger partial charge < -0.3 is 18.9 Å². The summed E-state index contributed by atoms with van der Waals surface area (Å²) < 4.78 is 23.4. The quantitative estimate of drug-likeness (QED) is 0.314. The third-order valence-electron chi connectivity index (χ3n) is 8.66. The van der Waals surface area contributed by atoms with Crippen LogP contribution in [0.2, 0.25) is 0 Å². The Hall–Kier alpha value is -2.64. The van der Waals surface area contributed by atoms with Crippen molar-refractivity contribution in [1.29, 1.82) is 0 Å². The van der Waals surface area contributed by atoms with Gasteiger partial charge in [-0.3, -0.25) is 19.2 Å². The van der Waals surface area contributed by atoms with Gasteiger partial charge in [-0.25, -0.2) is 0 Å². The average molecular weight is 505 g/mol. The largest absolute Gasteiger partial charge is 0.458 e. The normalized spacial score (nSPS) is 35.5. The SMILES string of the molecule is C=C1C2CC3C[C@H](OC(C)=O)C(C)=C([C@@H](OC(C)=O)[C@H](OC(C)=O)[C@]2(C)CC[C@@H]1OC(C)=O)C3(C)C. The molecule has 2 unspecified atom stereocenters. The first-order valence-electron chi connectivity index (χ1n) is 12.7. The van der Waals surface area contributed by atoms with E-state index < -0.39 is 53.2 Å². The van der Waals surface area contributed by atoms with Crippen molar-refractivity contribution in [3.8, 4) is 0 Å². The summed E-state index contributed by atoms with van der Waals surface area (Å²) in [7, 11) is 0. The first-order chi connectivity index (χ1) is 16.6. The van der Waals surface area contributed by atoms with Gasteiger partial charge in [-0.2, -0.15) is 0 Å². The van der Waals surface area contributed by atoms with E-state index in [2.05, 4.69) is 20.4 Å². The van der Waals surface area contributed by atoms with E-state index in [0.717, 1.165) is 16.7 Å². The van der Waals surface area contributed by atoms with Crippen molar-refractivity contribution in [3.63, 3.8) is 0 Å². The van der Waals surface area contributed by atoms with Crippen molar-refractivity contribution in [2.24, 2.45) is 22.7 Å². The van der Waals surface area contributed by atoms with Crippen molar-refractivity contribution in [1.82, 2.24) is 0 Å². The molecule has 2 fully saturated rings. The Morgan fingerprint density at radius 2 is 1.33 bits per heavy atom. The van der Waals surface area contributed by atoms with Crippen LogP contribution >= 0.6 is 0 Å². The van der Waals surface area contributed by atoms with Crippen molar-refractivity contribution >= 4 is 23.9 Å². The fraction of sp³-hybridized carbons (Fsp3) is 0.714. The first kappa shape index (κ1) is 27.9. The lowest BCUT2D eigenvalue weighted by Gasteiger charge is -2.58. The molecule has 8 heteroatoms. The summed E-state index contributed by atoms with van der Waals surface area (Å²) in [5.74, 6) is -1.90. The van der Waals surface area contributed by atoms with Gasteiger partial charge in [-0.15, -0.1) is 0 Å². The van der Waals surface area contributed by atoms with Crippen LogP contribution in [0.5, 0.6) is 0 Å². The van der Waals surface area contributed by atoms with E-state index in [9.17, 15) is 19.2 Å². The number of esters is 4. The molecule has 0 N–H and O–H groups in total. The highest BCUT2D eigenvalue weighted by molar-refractivity contribution is 5.69. The van der Waals surface area contributed by atoms with E-state index in [1.54, 1.807) is 0 Å². The lowest BCUT2D eigenvalue weighted by Crippen LogP contribution is -2.59. The Bertz CT molecular complexity index is 992. The van der Waals surface area contributed by atoms with Gasteiger partial charge in [0.1, 0.15) is 18.3 Å². The van der Waals surface area contributed by atoms with Crippen LogP contribution in [0.25, 0.3) is 0 Å². The van der Waals surface area contributed by atoms with Crippen LogP contribution in [0.1, 0.15) is 81.1 Å². The number of ether oxygens (including phenoxy) is 4. The molecule has 200 valence electrons. The molecular formula is C28H40O8. The van der Waals surface area contributed by atoms with Crippen molar-refractivity contribution in [3.05, 3.63) is 23.3 Å². The van der Waals surface area contributed by atoms with Crippen LogP contribution in [0.15, 0.2) is 23.3 Å². The molecule has 3 rings (SSSR count). The molecule has 36 heavy (non-hydrogen) atoms. The van der Waals surface area contributed by atoms with Crippen LogP contribution in [0.4, 0.5) is 0 Å². The second kappa shape index (κ2) is 10.0. The van der Waals surface area contributed by atoms with Gasteiger partial charge in [-0.1, -0.05) is 27.4 Å². The van der Waals surface area contributed by atoms with Gasteiger partial charge in [0.2, 0.25) is 0 Å². The highest BCUT2D eigenvalue weighted by Crippen LogP contribution is 2.60. The standard InChI is InChI=1S/C28H40O8/c1-14-21-12-20-13-23(34-17(4)30)15(2)24(27(20,7)8)25(35-18(5)31)26(36-19(6)32)28(21,9)11-10-22(14)33-16(3)29/h20-23,25-26H,1,10-13H2,2-9H3/t20?,21?,22-,23-,25+,26-,28+/m0/s1. The number of rotatable bonds is 4.